The Balaban J connectivity index is 2.03. The van der Waals surface area contributed by atoms with Crippen molar-refractivity contribution in [2.75, 3.05) is 0 Å². The van der Waals surface area contributed by atoms with Crippen LogP contribution >= 0.6 is 35.4 Å². The first kappa shape index (κ1) is 14.1. The molecule has 0 atom stereocenters. The highest BCUT2D eigenvalue weighted by Crippen LogP contribution is 2.24. The van der Waals surface area contributed by atoms with Gasteiger partial charge in [0.05, 0.1) is 22.5 Å². The van der Waals surface area contributed by atoms with Gasteiger partial charge in [-0.1, -0.05) is 35.3 Å². The molecule has 1 N–H and O–H groups in total. The zero-order valence-electron chi connectivity index (χ0n) is 10.5. The Labute approximate surface area is 134 Å². The molecular formula is C13H8Cl2N4OS. The summed E-state index contributed by atoms with van der Waals surface area (Å²) in [5.41, 5.74) is 0.678. The van der Waals surface area contributed by atoms with E-state index < -0.39 is 0 Å². The van der Waals surface area contributed by atoms with Gasteiger partial charge in [-0.2, -0.15) is 9.78 Å². The van der Waals surface area contributed by atoms with Gasteiger partial charge in [-0.05, 0) is 30.4 Å². The highest BCUT2D eigenvalue weighted by molar-refractivity contribution is 7.71. The van der Waals surface area contributed by atoms with Crippen molar-refractivity contribution in [2.45, 2.75) is 0 Å². The summed E-state index contributed by atoms with van der Waals surface area (Å²) in [7, 11) is 0. The van der Waals surface area contributed by atoms with Gasteiger partial charge < -0.3 is 4.42 Å². The molecule has 0 fully saturated rings. The van der Waals surface area contributed by atoms with Gasteiger partial charge >= 0.3 is 0 Å². The minimum absolute atomic E-state index is 0.343. The third kappa shape index (κ3) is 2.78. The van der Waals surface area contributed by atoms with Crippen molar-refractivity contribution in [3.05, 3.63) is 57.0 Å². The number of nitrogens with one attached hydrogen (secondary N) is 1. The van der Waals surface area contributed by atoms with Crippen molar-refractivity contribution in [3.63, 3.8) is 0 Å². The first-order valence-corrected chi connectivity index (χ1v) is 7.03. The molecule has 0 unspecified atom stereocenters. The molecule has 8 heteroatoms. The number of H-pyrrole nitrogens is 1. The summed E-state index contributed by atoms with van der Waals surface area (Å²) in [6.45, 7) is 0. The second-order valence-electron chi connectivity index (χ2n) is 4.03. The molecule has 3 rings (SSSR count). The fourth-order valence-corrected chi connectivity index (χ4v) is 2.24. The number of aromatic nitrogens is 3. The molecule has 0 saturated heterocycles. The van der Waals surface area contributed by atoms with Crippen molar-refractivity contribution in [2.24, 2.45) is 5.10 Å². The fraction of sp³-hybridized carbons (Fsp3) is 0. The maximum atomic E-state index is 6.11. The van der Waals surface area contributed by atoms with Crippen LogP contribution in [0.5, 0.6) is 0 Å². The Kier molecular flexibility index (Phi) is 3.92. The van der Waals surface area contributed by atoms with Crippen LogP contribution in [0.25, 0.3) is 11.6 Å². The minimum Gasteiger partial charge on any atom is -0.461 e. The average molecular weight is 339 g/mol. The van der Waals surface area contributed by atoms with E-state index in [2.05, 4.69) is 15.3 Å². The topological polar surface area (TPSA) is 59.1 Å². The standard InChI is InChI=1S/C13H8Cl2N4OS/c14-9-4-1-3-8(11(9)15)7-16-19-12(17-18-13(19)21)10-5-2-6-20-10/h1-7H,(H,18,21)/b16-7+. The number of furan rings is 1. The van der Waals surface area contributed by atoms with Crippen LogP contribution in [0.4, 0.5) is 0 Å². The molecule has 0 amide bonds. The van der Waals surface area contributed by atoms with Crippen LogP contribution in [0.2, 0.25) is 10.0 Å². The quantitative estimate of drug-likeness (QED) is 0.569. The summed E-state index contributed by atoms with van der Waals surface area (Å²) >= 11 is 17.2. The maximum absolute atomic E-state index is 6.11. The lowest BCUT2D eigenvalue weighted by Crippen LogP contribution is -1.94. The molecule has 0 bridgehead atoms. The SMILES string of the molecule is S=c1[nH]nc(-c2ccco2)n1/N=C/c1cccc(Cl)c1Cl. The zero-order chi connectivity index (χ0) is 14.8. The lowest BCUT2D eigenvalue weighted by Gasteiger charge is -2.00. The van der Waals surface area contributed by atoms with E-state index in [4.69, 9.17) is 39.8 Å². The highest BCUT2D eigenvalue weighted by Gasteiger charge is 2.10. The molecule has 1 aromatic carbocycles. The molecule has 106 valence electrons. The van der Waals surface area contributed by atoms with Gasteiger partial charge in [-0.3, -0.25) is 0 Å². The van der Waals surface area contributed by atoms with E-state index in [0.29, 0.717) is 32.0 Å². The number of halogens is 2. The van der Waals surface area contributed by atoms with Crippen LogP contribution in [-0.2, 0) is 0 Å². The van der Waals surface area contributed by atoms with Crippen LogP contribution in [0, 0.1) is 4.77 Å². The summed E-state index contributed by atoms with van der Waals surface area (Å²) < 4.78 is 7.09. The molecule has 0 aliphatic carbocycles. The maximum Gasteiger partial charge on any atom is 0.219 e. The van der Waals surface area contributed by atoms with Crippen molar-refractivity contribution >= 4 is 41.6 Å². The van der Waals surface area contributed by atoms with Gasteiger partial charge in [-0.25, -0.2) is 5.10 Å². The normalized spacial score (nSPS) is 11.3. The lowest BCUT2D eigenvalue weighted by molar-refractivity contribution is 0.573. The lowest BCUT2D eigenvalue weighted by atomic mass is 10.2. The van der Waals surface area contributed by atoms with Crippen LogP contribution in [0.3, 0.4) is 0 Å². The molecule has 0 spiro atoms. The van der Waals surface area contributed by atoms with Crippen LogP contribution in [0.15, 0.2) is 46.1 Å². The van der Waals surface area contributed by atoms with Crippen LogP contribution in [0.1, 0.15) is 5.56 Å². The Morgan fingerprint density at radius 3 is 2.90 bits per heavy atom. The summed E-state index contributed by atoms with van der Waals surface area (Å²) in [5, 5.41) is 11.9. The van der Waals surface area contributed by atoms with E-state index in [-0.39, 0.29) is 0 Å². The van der Waals surface area contributed by atoms with E-state index in [9.17, 15) is 0 Å². The van der Waals surface area contributed by atoms with Gasteiger partial charge in [-0.15, -0.1) is 5.10 Å². The second kappa shape index (κ2) is 5.85. The Bertz CT molecular complexity index is 851. The van der Waals surface area contributed by atoms with Crippen LogP contribution in [-0.4, -0.2) is 21.1 Å². The number of hydrogen-bond donors (Lipinski definition) is 1. The molecule has 2 heterocycles. The first-order chi connectivity index (χ1) is 10.2. The van der Waals surface area contributed by atoms with E-state index >= 15 is 0 Å². The van der Waals surface area contributed by atoms with Crippen molar-refractivity contribution < 1.29 is 4.42 Å². The first-order valence-electron chi connectivity index (χ1n) is 5.86. The van der Waals surface area contributed by atoms with Crippen LogP contribution < -0.4 is 0 Å². The Hall–Kier alpha value is -1.89. The molecule has 21 heavy (non-hydrogen) atoms. The summed E-state index contributed by atoms with van der Waals surface area (Å²) in [5.74, 6) is 1.02. The fourth-order valence-electron chi connectivity index (χ4n) is 1.70. The smallest absolute Gasteiger partial charge is 0.219 e. The van der Waals surface area contributed by atoms with E-state index in [0.717, 1.165) is 0 Å². The van der Waals surface area contributed by atoms with E-state index in [1.54, 1.807) is 42.8 Å². The molecule has 2 aromatic heterocycles. The molecular weight excluding hydrogens is 331 g/mol. The van der Waals surface area contributed by atoms with Gasteiger partial charge in [0.15, 0.2) is 5.76 Å². The minimum atomic E-state index is 0.343. The Morgan fingerprint density at radius 2 is 2.14 bits per heavy atom. The molecule has 0 saturated carbocycles. The summed E-state index contributed by atoms with van der Waals surface area (Å²) in [4.78, 5) is 0. The van der Waals surface area contributed by atoms with Crippen molar-refractivity contribution in [1.82, 2.24) is 14.9 Å². The predicted octanol–water partition coefficient (Wildman–Crippen LogP) is 4.39. The van der Waals surface area contributed by atoms with Gasteiger partial charge in [0, 0.05) is 5.56 Å². The average Bonchev–Trinajstić information content (AvgIpc) is 3.10. The Morgan fingerprint density at radius 1 is 1.29 bits per heavy atom. The molecule has 0 radical (unpaired) electrons. The van der Waals surface area contributed by atoms with Gasteiger partial charge in [0.1, 0.15) is 0 Å². The molecule has 5 nitrogen and oxygen atoms in total. The molecule has 0 aliphatic heterocycles. The number of aromatic amines is 1. The number of hydrogen-bond acceptors (Lipinski definition) is 4. The summed E-state index contributed by atoms with van der Waals surface area (Å²) in [6.07, 6.45) is 3.11. The zero-order valence-corrected chi connectivity index (χ0v) is 12.8. The van der Waals surface area contributed by atoms with E-state index in [1.165, 1.54) is 4.68 Å². The largest absolute Gasteiger partial charge is 0.461 e. The van der Waals surface area contributed by atoms with Gasteiger partial charge in [0.25, 0.3) is 0 Å². The monoisotopic (exact) mass is 338 g/mol. The second-order valence-corrected chi connectivity index (χ2v) is 5.20. The van der Waals surface area contributed by atoms with E-state index in [1.807, 2.05) is 0 Å². The molecule has 3 aromatic rings. The number of nitrogens with zero attached hydrogens (tertiary/aromatic N) is 3. The number of rotatable bonds is 3. The number of benzene rings is 1. The predicted molar refractivity (Wildman–Crippen MR) is 84.6 cm³/mol. The summed E-state index contributed by atoms with van der Waals surface area (Å²) in [6, 6.07) is 8.82. The van der Waals surface area contributed by atoms with Gasteiger partial charge in [0.2, 0.25) is 10.6 Å². The van der Waals surface area contributed by atoms with Crippen molar-refractivity contribution in [1.29, 1.82) is 0 Å². The molecule has 0 aliphatic rings. The van der Waals surface area contributed by atoms with Crippen molar-refractivity contribution in [3.8, 4) is 11.6 Å². The third-order valence-electron chi connectivity index (χ3n) is 2.69. The highest BCUT2D eigenvalue weighted by atomic mass is 35.5. The third-order valence-corrected chi connectivity index (χ3v) is 3.78.